The van der Waals surface area contributed by atoms with Crippen LogP contribution in [0.1, 0.15) is 31.9 Å². The summed E-state index contributed by atoms with van der Waals surface area (Å²) in [5.74, 6) is -0.312. The van der Waals surface area contributed by atoms with Gasteiger partial charge in [0.15, 0.2) is 0 Å². The van der Waals surface area contributed by atoms with Crippen molar-refractivity contribution in [2.75, 3.05) is 0 Å². The molecule has 2 unspecified atom stereocenters. The first-order chi connectivity index (χ1) is 7.47. The van der Waals surface area contributed by atoms with E-state index in [0.29, 0.717) is 16.6 Å². The van der Waals surface area contributed by atoms with Gasteiger partial charge in [0.05, 0.1) is 11.0 Å². The van der Waals surface area contributed by atoms with Crippen LogP contribution in [0.25, 0.3) is 0 Å². The first-order valence-corrected chi connectivity index (χ1v) is 5.74. The molecule has 5 nitrogen and oxygen atoms in total. The number of halogens is 1. The molecule has 1 aromatic heterocycles. The molecule has 1 rings (SSSR count). The van der Waals surface area contributed by atoms with Gasteiger partial charge in [-0.25, -0.2) is 0 Å². The van der Waals surface area contributed by atoms with Gasteiger partial charge < -0.3 is 5.11 Å². The molecular weight excluding hydrogens is 276 g/mol. The van der Waals surface area contributed by atoms with Crippen molar-refractivity contribution in [3.05, 3.63) is 32.5 Å². The molecule has 0 bridgehead atoms. The number of aliphatic hydroxyl groups is 1. The van der Waals surface area contributed by atoms with Crippen LogP contribution >= 0.6 is 15.9 Å². The maximum absolute atomic E-state index is 10.9. The van der Waals surface area contributed by atoms with Gasteiger partial charge in [-0.05, 0) is 29.3 Å². The molecule has 0 aromatic carbocycles. The molecule has 88 valence electrons. The summed E-state index contributed by atoms with van der Waals surface area (Å²) >= 11 is 3.14. The van der Waals surface area contributed by atoms with Gasteiger partial charge in [0.25, 0.3) is 5.69 Å². The number of pyridine rings is 1. The van der Waals surface area contributed by atoms with Crippen molar-refractivity contribution in [3.8, 4) is 0 Å². The van der Waals surface area contributed by atoms with Gasteiger partial charge in [-0.2, -0.15) is 0 Å². The van der Waals surface area contributed by atoms with Gasteiger partial charge >= 0.3 is 0 Å². The van der Waals surface area contributed by atoms with Crippen molar-refractivity contribution < 1.29 is 10.0 Å². The second-order valence-electron chi connectivity index (χ2n) is 3.57. The third kappa shape index (κ3) is 2.76. The van der Waals surface area contributed by atoms with E-state index in [1.807, 2.05) is 6.92 Å². The standard InChI is InChI=1S/C10H13BrN2O3/c1-3-8(6(2)14)10-9(13(15)16)4-7(11)5-12-10/h4-6,8,14H,3H2,1-2H3. The third-order valence-electron chi connectivity index (χ3n) is 2.43. The fraction of sp³-hybridized carbons (Fsp3) is 0.500. The molecule has 2 atom stereocenters. The molecule has 6 heteroatoms. The molecule has 16 heavy (non-hydrogen) atoms. The Bertz CT molecular complexity index is 396. The van der Waals surface area contributed by atoms with Crippen molar-refractivity contribution >= 4 is 21.6 Å². The van der Waals surface area contributed by atoms with Crippen LogP contribution in [0.4, 0.5) is 5.69 Å². The van der Waals surface area contributed by atoms with Crippen LogP contribution in [0.2, 0.25) is 0 Å². The lowest BCUT2D eigenvalue weighted by Crippen LogP contribution is -2.16. The normalized spacial score (nSPS) is 14.5. The van der Waals surface area contributed by atoms with Crippen molar-refractivity contribution in [1.29, 1.82) is 0 Å². The molecule has 0 radical (unpaired) electrons. The number of rotatable bonds is 4. The highest BCUT2D eigenvalue weighted by Crippen LogP contribution is 2.31. The lowest BCUT2D eigenvalue weighted by atomic mass is 9.95. The molecular formula is C10H13BrN2O3. The molecule has 1 N–H and O–H groups in total. The average Bonchev–Trinajstić information content (AvgIpc) is 2.20. The summed E-state index contributed by atoms with van der Waals surface area (Å²) in [5.41, 5.74) is 0.285. The second-order valence-corrected chi connectivity index (χ2v) is 4.49. The summed E-state index contributed by atoms with van der Waals surface area (Å²) in [6.07, 6.45) is 1.46. The molecule has 0 fully saturated rings. The van der Waals surface area contributed by atoms with E-state index in [2.05, 4.69) is 20.9 Å². The summed E-state index contributed by atoms with van der Waals surface area (Å²) in [4.78, 5) is 14.4. The molecule has 1 heterocycles. The first kappa shape index (κ1) is 13.1. The van der Waals surface area contributed by atoms with Crippen molar-refractivity contribution in [2.45, 2.75) is 32.3 Å². The van der Waals surface area contributed by atoms with Gasteiger partial charge in [0.1, 0.15) is 5.69 Å². The van der Waals surface area contributed by atoms with E-state index in [1.54, 1.807) is 6.92 Å². The Balaban J connectivity index is 3.26. The Morgan fingerprint density at radius 3 is 2.75 bits per heavy atom. The zero-order chi connectivity index (χ0) is 12.3. The van der Waals surface area contributed by atoms with E-state index >= 15 is 0 Å². The van der Waals surface area contributed by atoms with Gasteiger partial charge in [-0.1, -0.05) is 6.92 Å². The Morgan fingerprint density at radius 1 is 1.69 bits per heavy atom. The number of hydrogen-bond acceptors (Lipinski definition) is 4. The number of nitrogens with zero attached hydrogens (tertiary/aromatic N) is 2. The fourth-order valence-corrected chi connectivity index (χ4v) is 1.95. The van der Waals surface area contributed by atoms with Crippen molar-refractivity contribution in [2.24, 2.45) is 0 Å². The van der Waals surface area contributed by atoms with Crippen LogP contribution in [0.3, 0.4) is 0 Å². The van der Waals surface area contributed by atoms with Crippen LogP contribution in [0, 0.1) is 10.1 Å². The second kappa shape index (κ2) is 5.36. The third-order valence-corrected chi connectivity index (χ3v) is 2.87. The van der Waals surface area contributed by atoms with Gasteiger partial charge in [-0.3, -0.25) is 15.1 Å². The van der Waals surface area contributed by atoms with E-state index in [0.717, 1.165) is 0 Å². The van der Waals surface area contributed by atoms with E-state index in [9.17, 15) is 15.2 Å². The molecule has 0 aliphatic carbocycles. The van der Waals surface area contributed by atoms with Crippen LogP contribution in [-0.4, -0.2) is 21.1 Å². The van der Waals surface area contributed by atoms with Crippen LogP contribution < -0.4 is 0 Å². The summed E-state index contributed by atoms with van der Waals surface area (Å²) in [6.45, 7) is 3.48. The van der Waals surface area contributed by atoms with Gasteiger partial charge in [0.2, 0.25) is 0 Å². The Hall–Kier alpha value is -1.01. The monoisotopic (exact) mass is 288 g/mol. The Kier molecular flexibility index (Phi) is 4.37. The largest absolute Gasteiger partial charge is 0.393 e. The highest BCUT2D eigenvalue weighted by molar-refractivity contribution is 9.10. The van der Waals surface area contributed by atoms with Crippen LogP contribution in [0.5, 0.6) is 0 Å². The highest BCUT2D eigenvalue weighted by Gasteiger charge is 2.26. The first-order valence-electron chi connectivity index (χ1n) is 4.95. The lowest BCUT2D eigenvalue weighted by Gasteiger charge is -2.17. The van der Waals surface area contributed by atoms with E-state index in [1.165, 1.54) is 12.3 Å². The molecule has 0 aliphatic rings. The molecule has 0 aliphatic heterocycles. The highest BCUT2D eigenvalue weighted by atomic mass is 79.9. The quantitative estimate of drug-likeness (QED) is 0.682. The summed E-state index contributed by atoms with van der Waals surface area (Å²) in [5, 5.41) is 20.4. The summed E-state index contributed by atoms with van der Waals surface area (Å²) < 4.78 is 0.559. The Morgan fingerprint density at radius 2 is 2.31 bits per heavy atom. The zero-order valence-corrected chi connectivity index (χ0v) is 10.6. The average molecular weight is 289 g/mol. The topological polar surface area (TPSA) is 76.3 Å². The molecule has 1 aromatic rings. The Labute approximate surface area is 102 Å². The minimum atomic E-state index is -0.655. The smallest absolute Gasteiger partial charge is 0.292 e. The number of aliphatic hydroxyl groups excluding tert-OH is 1. The van der Waals surface area contributed by atoms with Crippen LogP contribution in [-0.2, 0) is 0 Å². The van der Waals surface area contributed by atoms with Crippen molar-refractivity contribution in [1.82, 2.24) is 4.98 Å². The molecule has 0 saturated carbocycles. The minimum Gasteiger partial charge on any atom is -0.393 e. The van der Waals surface area contributed by atoms with Crippen LogP contribution in [0.15, 0.2) is 16.7 Å². The van der Waals surface area contributed by atoms with Crippen molar-refractivity contribution in [3.63, 3.8) is 0 Å². The summed E-state index contributed by atoms with van der Waals surface area (Å²) in [6, 6.07) is 1.41. The SMILES string of the molecule is CCC(c1ncc(Br)cc1[N+](=O)[O-])C(C)O. The van der Waals surface area contributed by atoms with E-state index in [-0.39, 0.29) is 11.6 Å². The molecule has 0 saturated heterocycles. The number of nitro groups is 1. The molecule has 0 amide bonds. The van der Waals surface area contributed by atoms with Gasteiger partial charge in [0, 0.05) is 22.7 Å². The number of hydrogen-bond donors (Lipinski definition) is 1. The maximum Gasteiger partial charge on any atom is 0.292 e. The molecule has 0 spiro atoms. The van der Waals surface area contributed by atoms with E-state index in [4.69, 9.17) is 0 Å². The zero-order valence-electron chi connectivity index (χ0n) is 9.05. The minimum absolute atomic E-state index is 0.0536. The predicted octanol–water partition coefficient (Wildman–Crippen LogP) is 2.63. The lowest BCUT2D eigenvalue weighted by molar-refractivity contribution is -0.386. The van der Waals surface area contributed by atoms with E-state index < -0.39 is 11.0 Å². The summed E-state index contributed by atoms with van der Waals surface area (Å²) in [7, 11) is 0. The predicted molar refractivity (Wildman–Crippen MR) is 63.3 cm³/mol. The number of aromatic nitrogens is 1. The fourth-order valence-electron chi connectivity index (χ4n) is 1.63. The maximum atomic E-state index is 10.9. The van der Waals surface area contributed by atoms with Gasteiger partial charge in [-0.15, -0.1) is 0 Å².